The summed E-state index contributed by atoms with van der Waals surface area (Å²) in [5, 5.41) is 3.48. The zero-order chi connectivity index (χ0) is 19.6. The number of ether oxygens (including phenoxy) is 3. The van der Waals surface area contributed by atoms with Crippen LogP contribution < -0.4 is 19.5 Å². The average molecular weight is 414 g/mol. The molecule has 0 aliphatic rings. The summed E-state index contributed by atoms with van der Waals surface area (Å²) in [4.78, 5) is 0. The Labute approximate surface area is 179 Å². The van der Waals surface area contributed by atoms with Crippen LogP contribution in [0.3, 0.4) is 0 Å². The first-order valence-electron chi connectivity index (χ1n) is 9.46. The van der Waals surface area contributed by atoms with E-state index < -0.39 is 0 Å². The molecule has 4 nitrogen and oxygen atoms in total. The van der Waals surface area contributed by atoms with Gasteiger partial charge in [-0.2, -0.15) is 0 Å². The largest absolute Gasteiger partial charge is 0.496 e. The van der Waals surface area contributed by atoms with Crippen molar-refractivity contribution in [2.45, 2.75) is 19.6 Å². The highest BCUT2D eigenvalue weighted by Gasteiger charge is 2.07. The van der Waals surface area contributed by atoms with E-state index in [1.807, 2.05) is 60.7 Å². The minimum absolute atomic E-state index is 0. The third-order valence-electron chi connectivity index (χ3n) is 4.56. The summed E-state index contributed by atoms with van der Waals surface area (Å²) in [6, 6.07) is 24.3. The molecule has 0 unspecified atom stereocenters. The minimum Gasteiger partial charge on any atom is -0.496 e. The van der Waals surface area contributed by atoms with Crippen LogP contribution in [0.2, 0.25) is 0 Å². The molecule has 0 spiro atoms. The van der Waals surface area contributed by atoms with Crippen molar-refractivity contribution in [3.05, 3.63) is 89.5 Å². The maximum Gasteiger partial charge on any atom is 0.161 e. The molecule has 0 fully saturated rings. The van der Waals surface area contributed by atoms with Crippen LogP contribution in [0.4, 0.5) is 0 Å². The molecule has 0 radical (unpaired) electrons. The van der Waals surface area contributed by atoms with Crippen molar-refractivity contribution in [3.8, 4) is 17.2 Å². The highest BCUT2D eigenvalue weighted by molar-refractivity contribution is 5.85. The van der Waals surface area contributed by atoms with E-state index in [1.54, 1.807) is 14.2 Å². The molecule has 29 heavy (non-hydrogen) atoms. The van der Waals surface area contributed by atoms with Crippen LogP contribution in [-0.2, 0) is 19.6 Å². The normalized spacial score (nSPS) is 10.1. The summed E-state index contributed by atoms with van der Waals surface area (Å²) in [6.07, 6.45) is 0.916. The first-order valence-corrected chi connectivity index (χ1v) is 9.46. The number of benzene rings is 3. The molecule has 0 aromatic heterocycles. The van der Waals surface area contributed by atoms with Crippen molar-refractivity contribution in [1.29, 1.82) is 0 Å². The van der Waals surface area contributed by atoms with E-state index >= 15 is 0 Å². The predicted octanol–water partition coefficient (Wildman–Crippen LogP) is 5.04. The van der Waals surface area contributed by atoms with Gasteiger partial charge in [-0.3, -0.25) is 0 Å². The number of nitrogens with one attached hydrogen (secondary N) is 1. The molecular formula is C24H28ClNO3. The summed E-state index contributed by atoms with van der Waals surface area (Å²) < 4.78 is 16.8. The third kappa shape index (κ3) is 6.70. The molecule has 3 rings (SSSR count). The molecule has 0 saturated carbocycles. The van der Waals surface area contributed by atoms with E-state index in [9.17, 15) is 0 Å². The van der Waals surface area contributed by atoms with Gasteiger partial charge in [0.05, 0.1) is 14.2 Å². The van der Waals surface area contributed by atoms with Crippen LogP contribution >= 0.6 is 12.4 Å². The molecule has 0 aliphatic heterocycles. The highest BCUT2D eigenvalue weighted by Crippen LogP contribution is 2.29. The van der Waals surface area contributed by atoms with Crippen molar-refractivity contribution >= 4 is 12.4 Å². The highest BCUT2D eigenvalue weighted by atomic mass is 35.5. The van der Waals surface area contributed by atoms with Gasteiger partial charge in [-0.1, -0.05) is 54.6 Å². The molecule has 3 aromatic rings. The Hall–Kier alpha value is -2.69. The lowest BCUT2D eigenvalue weighted by Gasteiger charge is -2.13. The smallest absolute Gasteiger partial charge is 0.161 e. The standard InChI is InChI=1S/C24H27NO3.ClH/c1-26-22-11-7-6-10-21(22)14-15-25-17-20-12-13-23(24(16-20)27-2)28-18-19-8-4-3-5-9-19;/h3-13,16,25H,14-15,17-18H2,1-2H3;1H. The fourth-order valence-corrected chi connectivity index (χ4v) is 3.04. The van der Waals surface area contributed by atoms with Crippen LogP contribution in [0.25, 0.3) is 0 Å². The van der Waals surface area contributed by atoms with Gasteiger partial charge in [0.2, 0.25) is 0 Å². The number of halogens is 1. The van der Waals surface area contributed by atoms with Crippen LogP contribution in [0.5, 0.6) is 17.2 Å². The topological polar surface area (TPSA) is 39.7 Å². The van der Waals surface area contributed by atoms with Gasteiger partial charge in [0.15, 0.2) is 11.5 Å². The zero-order valence-electron chi connectivity index (χ0n) is 16.9. The van der Waals surface area contributed by atoms with Gasteiger partial charge in [-0.15, -0.1) is 12.4 Å². The first kappa shape index (κ1) is 22.6. The average Bonchev–Trinajstić information content (AvgIpc) is 2.76. The molecule has 0 saturated heterocycles. The fourth-order valence-electron chi connectivity index (χ4n) is 3.04. The zero-order valence-corrected chi connectivity index (χ0v) is 17.7. The Kier molecular flexibility index (Phi) is 9.35. The lowest BCUT2D eigenvalue weighted by Crippen LogP contribution is -2.17. The van der Waals surface area contributed by atoms with Gasteiger partial charge in [-0.05, 0) is 47.9 Å². The fraction of sp³-hybridized carbons (Fsp3) is 0.250. The summed E-state index contributed by atoms with van der Waals surface area (Å²) in [7, 11) is 3.38. The van der Waals surface area contributed by atoms with Crippen molar-refractivity contribution in [2.24, 2.45) is 0 Å². The molecule has 0 bridgehead atoms. The Morgan fingerprint density at radius 3 is 2.21 bits per heavy atom. The predicted molar refractivity (Wildman–Crippen MR) is 119 cm³/mol. The van der Waals surface area contributed by atoms with Gasteiger partial charge < -0.3 is 19.5 Å². The quantitative estimate of drug-likeness (QED) is 0.473. The molecule has 0 amide bonds. The number of rotatable bonds is 10. The minimum atomic E-state index is 0. The van der Waals surface area contributed by atoms with Gasteiger partial charge in [-0.25, -0.2) is 0 Å². The summed E-state index contributed by atoms with van der Waals surface area (Å²) in [5.41, 5.74) is 3.50. The van der Waals surface area contributed by atoms with E-state index in [2.05, 4.69) is 17.4 Å². The second-order valence-corrected chi connectivity index (χ2v) is 6.50. The Morgan fingerprint density at radius 2 is 1.45 bits per heavy atom. The Balaban J connectivity index is 0.00000300. The number of methoxy groups -OCH3 is 2. The van der Waals surface area contributed by atoms with Crippen LogP contribution in [0.1, 0.15) is 16.7 Å². The van der Waals surface area contributed by atoms with Gasteiger partial charge in [0, 0.05) is 6.54 Å². The molecule has 0 heterocycles. The molecule has 0 atom stereocenters. The summed E-state index contributed by atoms with van der Waals surface area (Å²) in [5.74, 6) is 2.44. The SMILES string of the molecule is COc1ccccc1CCNCc1ccc(OCc2ccccc2)c(OC)c1.Cl. The van der Waals surface area contributed by atoms with Crippen molar-refractivity contribution < 1.29 is 14.2 Å². The van der Waals surface area contributed by atoms with Crippen LogP contribution in [0.15, 0.2) is 72.8 Å². The van der Waals surface area contributed by atoms with Crippen molar-refractivity contribution in [3.63, 3.8) is 0 Å². The van der Waals surface area contributed by atoms with Crippen molar-refractivity contribution in [1.82, 2.24) is 5.32 Å². The molecule has 3 aromatic carbocycles. The second kappa shape index (κ2) is 12.0. The Morgan fingerprint density at radius 1 is 0.724 bits per heavy atom. The summed E-state index contributed by atoms with van der Waals surface area (Å²) in [6.45, 7) is 2.16. The molecular weight excluding hydrogens is 386 g/mol. The number of hydrogen-bond donors (Lipinski definition) is 1. The van der Waals surface area contributed by atoms with E-state index in [4.69, 9.17) is 14.2 Å². The van der Waals surface area contributed by atoms with E-state index in [-0.39, 0.29) is 12.4 Å². The number of hydrogen-bond acceptors (Lipinski definition) is 4. The molecule has 0 aliphatic carbocycles. The van der Waals surface area contributed by atoms with Gasteiger partial charge >= 0.3 is 0 Å². The van der Waals surface area contributed by atoms with Gasteiger partial charge in [0.25, 0.3) is 0 Å². The maximum absolute atomic E-state index is 5.92. The van der Waals surface area contributed by atoms with E-state index in [0.717, 1.165) is 47.9 Å². The van der Waals surface area contributed by atoms with Gasteiger partial charge in [0.1, 0.15) is 12.4 Å². The monoisotopic (exact) mass is 413 g/mol. The number of para-hydroxylation sites is 1. The summed E-state index contributed by atoms with van der Waals surface area (Å²) >= 11 is 0. The maximum atomic E-state index is 5.92. The van der Waals surface area contributed by atoms with E-state index in [1.165, 1.54) is 5.56 Å². The molecule has 154 valence electrons. The van der Waals surface area contributed by atoms with E-state index in [0.29, 0.717) is 6.61 Å². The third-order valence-corrected chi connectivity index (χ3v) is 4.56. The van der Waals surface area contributed by atoms with Crippen molar-refractivity contribution in [2.75, 3.05) is 20.8 Å². The first-order chi connectivity index (χ1) is 13.8. The molecule has 5 heteroatoms. The molecule has 1 N–H and O–H groups in total. The van der Waals surface area contributed by atoms with Crippen LogP contribution in [-0.4, -0.2) is 20.8 Å². The van der Waals surface area contributed by atoms with Crippen LogP contribution in [0, 0.1) is 0 Å². The lowest BCUT2D eigenvalue weighted by atomic mass is 10.1. The Bertz CT molecular complexity index is 871. The lowest BCUT2D eigenvalue weighted by molar-refractivity contribution is 0.284. The second-order valence-electron chi connectivity index (χ2n) is 6.50.